The smallest absolute Gasteiger partial charge is 0.233 e. The Bertz CT molecular complexity index is 579. The van der Waals surface area contributed by atoms with Gasteiger partial charge in [-0.05, 0) is 87.0 Å². The maximum atomic E-state index is 13.0. The average Bonchev–Trinajstić information content (AvgIpc) is 2.52. The molecule has 0 saturated heterocycles. The Kier molecular flexibility index (Phi) is 4.59. The fraction of sp³-hybridized carbons (Fsp3) is 0.650. The van der Waals surface area contributed by atoms with Crippen molar-refractivity contribution in [2.75, 3.05) is 0 Å². The van der Waals surface area contributed by atoms with Crippen LogP contribution in [0.25, 0.3) is 0 Å². The van der Waals surface area contributed by atoms with Gasteiger partial charge >= 0.3 is 0 Å². The van der Waals surface area contributed by atoms with Crippen molar-refractivity contribution in [2.24, 2.45) is 17.8 Å². The fourth-order valence-electron chi connectivity index (χ4n) is 5.61. The monoisotopic (exact) mass is 363 g/mol. The van der Waals surface area contributed by atoms with Gasteiger partial charge in [-0.2, -0.15) is 0 Å². The molecule has 4 aliphatic carbocycles. The van der Waals surface area contributed by atoms with Crippen molar-refractivity contribution < 1.29 is 4.79 Å². The number of benzene rings is 1. The van der Waals surface area contributed by atoms with E-state index in [9.17, 15) is 4.79 Å². The van der Waals surface area contributed by atoms with Gasteiger partial charge in [-0.1, -0.05) is 18.5 Å². The third-order valence-corrected chi connectivity index (χ3v) is 7.81. The van der Waals surface area contributed by atoms with Crippen LogP contribution in [0, 0.1) is 17.8 Å². The molecule has 1 aromatic rings. The molecule has 4 fully saturated rings. The molecule has 4 bridgehead atoms. The van der Waals surface area contributed by atoms with Crippen LogP contribution in [-0.4, -0.2) is 16.7 Å². The molecular formula is C20H26ClNOS. The van der Waals surface area contributed by atoms with Gasteiger partial charge in [0, 0.05) is 15.5 Å². The lowest BCUT2D eigenvalue weighted by Crippen LogP contribution is -2.61. The molecule has 1 atom stereocenters. The molecule has 0 unspecified atom stereocenters. The second kappa shape index (κ2) is 6.57. The van der Waals surface area contributed by atoms with Gasteiger partial charge in [0.15, 0.2) is 0 Å². The molecule has 0 aliphatic heterocycles. The summed E-state index contributed by atoms with van der Waals surface area (Å²) < 4.78 is 0. The molecule has 130 valence electrons. The van der Waals surface area contributed by atoms with E-state index in [4.69, 9.17) is 11.6 Å². The van der Waals surface area contributed by atoms with Crippen LogP contribution in [0.1, 0.15) is 51.9 Å². The Labute approximate surface area is 154 Å². The van der Waals surface area contributed by atoms with Crippen molar-refractivity contribution in [2.45, 2.75) is 67.6 Å². The molecule has 4 heteroatoms. The summed E-state index contributed by atoms with van der Waals surface area (Å²) in [6.45, 7) is 2.10. The lowest BCUT2D eigenvalue weighted by Gasteiger charge is -2.57. The van der Waals surface area contributed by atoms with Crippen molar-refractivity contribution in [1.29, 1.82) is 0 Å². The van der Waals surface area contributed by atoms with E-state index in [1.54, 1.807) is 11.8 Å². The normalized spacial score (nSPS) is 35.0. The second-order valence-electron chi connectivity index (χ2n) is 8.16. The highest BCUT2D eigenvalue weighted by atomic mass is 35.5. The van der Waals surface area contributed by atoms with Crippen LogP contribution < -0.4 is 5.32 Å². The molecule has 0 spiro atoms. The third kappa shape index (κ3) is 3.35. The highest BCUT2D eigenvalue weighted by molar-refractivity contribution is 8.00. The molecule has 0 aromatic heterocycles. The number of nitrogens with one attached hydrogen (secondary N) is 1. The van der Waals surface area contributed by atoms with E-state index in [1.807, 2.05) is 24.3 Å². The predicted molar refractivity (Wildman–Crippen MR) is 100 cm³/mol. The highest BCUT2D eigenvalue weighted by Crippen LogP contribution is 2.55. The summed E-state index contributed by atoms with van der Waals surface area (Å²) in [5.41, 5.74) is 0.111. The molecule has 1 N–H and O–H groups in total. The van der Waals surface area contributed by atoms with Crippen LogP contribution in [0.2, 0.25) is 5.02 Å². The standard InChI is InChI=1S/C20H26ClNOS/c1-2-18(24-17-5-3-16(21)4-6-17)19(23)22-20-10-13-7-14(11-20)9-15(8-13)12-20/h3-6,13-15,18H,2,7-12H2,1H3,(H,22,23)/t13?,14?,15?,18-,20?/m1/s1. The third-order valence-electron chi connectivity index (χ3n) is 6.18. The Balaban J connectivity index is 1.43. The van der Waals surface area contributed by atoms with E-state index in [0.717, 1.165) is 34.1 Å². The van der Waals surface area contributed by atoms with E-state index in [2.05, 4.69) is 12.2 Å². The van der Waals surface area contributed by atoms with Gasteiger partial charge in [0.05, 0.1) is 5.25 Å². The van der Waals surface area contributed by atoms with Crippen LogP contribution in [0.5, 0.6) is 0 Å². The summed E-state index contributed by atoms with van der Waals surface area (Å²) in [5.74, 6) is 2.82. The number of halogens is 1. The number of carbonyl (C=O) groups excluding carboxylic acids is 1. The zero-order valence-electron chi connectivity index (χ0n) is 14.3. The van der Waals surface area contributed by atoms with Crippen molar-refractivity contribution in [1.82, 2.24) is 5.32 Å². The summed E-state index contributed by atoms with van der Waals surface area (Å²) in [4.78, 5) is 14.1. The molecule has 0 radical (unpaired) electrons. The number of hydrogen-bond donors (Lipinski definition) is 1. The number of carbonyl (C=O) groups is 1. The number of rotatable bonds is 5. The molecule has 4 aliphatic rings. The van der Waals surface area contributed by atoms with Gasteiger partial charge < -0.3 is 5.32 Å². The first-order chi connectivity index (χ1) is 11.5. The molecule has 2 nitrogen and oxygen atoms in total. The quantitative estimate of drug-likeness (QED) is 0.719. The summed E-state index contributed by atoms with van der Waals surface area (Å²) in [5, 5.41) is 4.25. The molecule has 5 rings (SSSR count). The first-order valence-electron chi connectivity index (χ1n) is 9.29. The first kappa shape index (κ1) is 16.8. The molecule has 1 aromatic carbocycles. The lowest BCUT2D eigenvalue weighted by atomic mass is 9.53. The minimum atomic E-state index is -0.0146. The van der Waals surface area contributed by atoms with Crippen molar-refractivity contribution in [3.63, 3.8) is 0 Å². The predicted octanol–water partition coefficient (Wildman–Crippen LogP) is 5.30. The zero-order valence-corrected chi connectivity index (χ0v) is 15.8. The van der Waals surface area contributed by atoms with Crippen molar-refractivity contribution in [3.05, 3.63) is 29.3 Å². The first-order valence-corrected chi connectivity index (χ1v) is 10.6. The highest BCUT2D eigenvalue weighted by Gasteiger charge is 2.51. The molecule has 4 saturated carbocycles. The van der Waals surface area contributed by atoms with Crippen LogP contribution >= 0.6 is 23.4 Å². The SMILES string of the molecule is CC[C@@H](Sc1ccc(Cl)cc1)C(=O)NC12CC3CC(CC(C3)C1)C2. The summed E-state index contributed by atoms with van der Waals surface area (Å²) in [6, 6.07) is 7.81. The van der Waals surface area contributed by atoms with Gasteiger partial charge in [0.1, 0.15) is 0 Å². The average molecular weight is 364 g/mol. The number of amides is 1. The summed E-state index contributed by atoms with van der Waals surface area (Å²) in [7, 11) is 0. The number of thioether (sulfide) groups is 1. The van der Waals surface area contributed by atoms with E-state index in [-0.39, 0.29) is 16.7 Å². The molecular weight excluding hydrogens is 338 g/mol. The molecule has 0 heterocycles. The van der Waals surface area contributed by atoms with Gasteiger partial charge in [0.25, 0.3) is 0 Å². The van der Waals surface area contributed by atoms with Gasteiger partial charge in [-0.3, -0.25) is 4.79 Å². The fourth-order valence-corrected chi connectivity index (χ4v) is 6.69. The Hall–Kier alpha value is -0.670. The minimum absolute atomic E-state index is 0.0146. The van der Waals surface area contributed by atoms with E-state index in [1.165, 1.54) is 38.5 Å². The van der Waals surface area contributed by atoms with E-state index < -0.39 is 0 Å². The Morgan fingerprint density at radius 3 is 2.21 bits per heavy atom. The summed E-state index contributed by atoms with van der Waals surface area (Å²) in [6.07, 6.45) is 8.72. The van der Waals surface area contributed by atoms with E-state index in [0.29, 0.717) is 0 Å². The number of hydrogen-bond acceptors (Lipinski definition) is 2. The largest absolute Gasteiger partial charge is 0.350 e. The maximum absolute atomic E-state index is 13.0. The second-order valence-corrected chi connectivity index (χ2v) is 9.87. The maximum Gasteiger partial charge on any atom is 0.233 e. The molecule has 1 amide bonds. The van der Waals surface area contributed by atoms with Gasteiger partial charge in [-0.15, -0.1) is 11.8 Å². The zero-order chi connectivity index (χ0) is 16.7. The van der Waals surface area contributed by atoms with Crippen LogP contribution in [0.15, 0.2) is 29.2 Å². The topological polar surface area (TPSA) is 29.1 Å². The van der Waals surface area contributed by atoms with Crippen molar-refractivity contribution in [3.8, 4) is 0 Å². The van der Waals surface area contributed by atoms with Crippen LogP contribution in [-0.2, 0) is 4.79 Å². The minimum Gasteiger partial charge on any atom is -0.350 e. The van der Waals surface area contributed by atoms with Gasteiger partial charge in [-0.25, -0.2) is 0 Å². The Morgan fingerprint density at radius 2 is 1.71 bits per heavy atom. The lowest BCUT2D eigenvalue weighted by molar-refractivity contribution is -0.126. The van der Waals surface area contributed by atoms with Crippen molar-refractivity contribution >= 4 is 29.3 Å². The Morgan fingerprint density at radius 1 is 1.17 bits per heavy atom. The van der Waals surface area contributed by atoms with Crippen LogP contribution in [0.4, 0.5) is 0 Å². The molecule has 24 heavy (non-hydrogen) atoms. The van der Waals surface area contributed by atoms with Crippen LogP contribution in [0.3, 0.4) is 0 Å². The summed E-state index contributed by atoms with van der Waals surface area (Å²) >= 11 is 7.62. The van der Waals surface area contributed by atoms with E-state index >= 15 is 0 Å². The van der Waals surface area contributed by atoms with Gasteiger partial charge in [0.2, 0.25) is 5.91 Å².